The zero-order valence-electron chi connectivity index (χ0n) is 12.0. The molecule has 1 aromatic carbocycles. The van der Waals surface area contributed by atoms with Gasteiger partial charge in [0, 0.05) is 0 Å². The molecule has 0 bridgehead atoms. The van der Waals surface area contributed by atoms with Gasteiger partial charge in [0.25, 0.3) is 10.1 Å². The first-order chi connectivity index (χ1) is 8.71. The van der Waals surface area contributed by atoms with Crippen molar-refractivity contribution >= 4 is 18.2 Å². The maximum absolute atomic E-state index is 11.9. The van der Waals surface area contributed by atoms with Gasteiger partial charge in [-0.2, -0.15) is 8.42 Å². The van der Waals surface area contributed by atoms with Crippen LogP contribution in [0.5, 0.6) is 0 Å². The fourth-order valence-electron chi connectivity index (χ4n) is 1.44. The van der Waals surface area contributed by atoms with Crippen molar-refractivity contribution in [3.63, 3.8) is 0 Å². The van der Waals surface area contributed by atoms with Crippen LogP contribution in [-0.4, -0.2) is 23.1 Å². The molecule has 0 spiro atoms. The van der Waals surface area contributed by atoms with E-state index in [4.69, 9.17) is 4.18 Å². The van der Waals surface area contributed by atoms with E-state index in [1.807, 2.05) is 13.0 Å². The second-order valence-corrected chi connectivity index (χ2v) is 12.3. The van der Waals surface area contributed by atoms with Crippen molar-refractivity contribution in [2.24, 2.45) is 0 Å². The van der Waals surface area contributed by atoms with Crippen LogP contribution in [0.4, 0.5) is 0 Å². The van der Waals surface area contributed by atoms with Crippen molar-refractivity contribution in [3.05, 3.63) is 41.6 Å². The van der Waals surface area contributed by atoms with E-state index in [-0.39, 0.29) is 11.5 Å². The lowest BCUT2D eigenvalue weighted by Gasteiger charge is -2.08. The van der Waals surface area contributed by atoms with Gasteiger partial charge in [0.05, 0.1) is 19.6 Å². The Labute approximate surface area is 117 Å². The Morgan fingerprint density at radius 2 is 1.74 bits per heavy atom. The average molecular weight is 298 g/mol. The summed E-state index contributed by atoms with van der Waals surface area (Å²) in [7, 11) is -4.82. The quantitative estimate of drug-likeness (QED) is 0.458. The van der Waals surface area contributed by atoms with Crippen LogP contribution < -0.4 is 0 Å². The summed E-state index contributed by atoms with van der Waals surface area (Å²) in [5, 5.41) is 0. The first-order valence-electron chi connectivity index (χ1n) is 6.34. The lowest BCUT2D eigenvalue weighted by atomic mass is 10.2. The van der Waals surface area contributed by atoms with Crippen LogP contribution in [0.3, 0.4) is 0 Å². The third-order valence-corrected chi connectivity index (χ3v) is 5.01. The SMILES string of the molecule is Cc1ccc(S(=O)(=O)OCC/C=C/[Si](C)(C)C)cc1. The minimum absolute atomic E-state index is 0.192. The number of hydrogen-bond acceptors (Lipinski definition) is 3. The highest BCUT2D eigenvalue weighted by molar-refractivity contribution is 7.86. The van der Waals surface area contributed by atoms with Gasteiger partial charge in [0.1, 0.15) is 0 Å². The molecule has 0 aromatic heterocycles. The molecule has 0 N–H and O–H groups in total. The molecule has 19 heavy (non-hydrogen) atoms. The van der Waals surface area contributed by atoms with Crippen LogP contribution in [0.15, 0.2) is 40.9 Å². The van der Waals surface area contributed by atoms with Crippen LogP contribution in [0.1, 0.15) is 12.0 Å². The number of benzene rings is 1. The van der Waals surface area contributed by atoms with E-state index >= 15 is 0 Å². The predicted molar refractivity (Wildman–Crippen MR) is 81.4 cm³/mol. The van der Waals surface area contributed by atoms with Gasteiger partial charge in [-0.05, 0) is 25.5 Å². The van der Waals surface area contributed by atoms with Crippen molar-refractivity contribution in [2.75, 3.05) is 6.61 Å². The smallest absolute Gasteiger partial charge is 0.266 e. The Kier molecular flexibility index (Phi) is 5.52. The maximum atomic E-state index is 11.9. The standard InChI is InChI=1S/C14H22O3SSi/c1-13-7-9-14(10-8-13)18(15,16)17-11-5-6-12-19(2,3)4/h6-10,12H,5,11H2,1-4H3/b12-6+. The third-order valence-electron chi connectivity index (χ3n) is 2.45. The molecular formula is C14H22O3SSi. The molecule has 0 saturated heterocycles. The van der Waals surface area contributed by atoms with Gasteiger partial charge in [0.15, 0.2) is 0 Å². The molecule has 0 saturated carbocycles. The highest BCUT2D eigenvalue weighted by Gasteiger charge is 2.14. The normalized spacial score (nSPS) is 13.1. The molecule has 0 unspecified atom stereocenters. The van der Waals surface area contributed by atoms with Crippen molar-refractivity contribution in [1.29, 1.82) is 0 Å². The van der Waals surface area contributed by atoms with Crippen LogP contribution in [-0.2, 0) is 14.3 Å². The Balaban J connectivity index is 2.53. The molecule has 0 radical (unpaired) electrons. The summed E-state index contributed by atoms with van der Waals surface area (Å²) in [5.41, 5.74) is 3.21. The summed E-state index contributed by atoms with van der Waals surface area (Å²) < 4.78 is 28.7. The second-order valence-electron chi connectivity index (χ2n) is 5.65. The predicted octanol–water partition coefficient (Wildman–Crippen LogP) is 3.52. The topological polar surface area (TPSA) is 43.4 Å². The summed E-state index contributed by atoms with van der Waals surface area (Å²) in [6.07, 6.45) is 2.63. The van der Waals surface area contributed by atoms with E-state index in [0.29, 0.717) is 6.42 Å². The van der Waals surface area contributed by atoms with Crippen molar-refractivity contribution in [3.8, 4) is 0 Å². The summed E-state index contributed by atoms with van der Waals surface area (Å²) in [6.45, 7) is 8.80. The van der Waals surface area contributed by atoms with Gasteiger partial charge in [-0.1, -0.05) is 49.1 Å². The van der Waals surface area contributed by atoms with E-state index in [1.165, 1.54) is 0 Å². The molecular weight excluding hydrogens is 276 g/mol. The molecule has 0 heterocycles. The summed E-state index contributed by atoms with van der Waals surface area (Å²) in [4.78, 5) is 0.215. The van der Waals surface area contributed by atoms with E-state index in [1.54, 1.807) is 24.3 Å². The fourth-order valence-corrected chi connectivity index (χ4v) is 3.23. The van der Waals surface area contributed by atoms with E-state index < -0.39 is 18.2 Å². The van der Waals surface area contributed by atoms with Gasteiger partial charge in [0.2, 0.25) is 0 Å². The fraction of sp³-hybridized carbons (Fsp3) is 0.429. The second kappa shape index (κ2) is 6.50. The zero-order chi connectivity index (χ0) is 14.5. The van der Waals surface area contributed by atoms with Gasteiger partial charge >= 0.3 is 0 Å². The highest BCUT2D eigenvalue weighted by atomic mass is 32.2. The molecule has 1 rings (SSSR count). The maximum Gasteiger partial charge on any atom is 0.296 e. The molecule has 0 amide bonds. The largest absolute Gasteiger partial charge is 0.296 e. The van der Waals surface area contributed by atoms with Crippen LogP contribution >= 0.6 is 0 Å². The minimum Gasteiger partial charge on any atom is -0.266 e. The highest BCUT2D eigenvalue weighted by Crippen LogP contribution is 2.13. The van der Waals surface area contributed by atoms with Gasteiger partial charge in [-0.25, -0.2) is 0 Å². The van der Waals surface area contributed by atoms with Gasteiger partial charge < -0.3 is 0 Å². The Bertz CT molecular complexity index is 525. The van der Waals surface area contributed by atoms with E-state index in [0.717, 1.165) is 5.56 Å². The van der Waals surface area contributed by atoms with Crippen molar-refractivity contribution < 1.29 is 12.6 Å². The van der Waals surface area contributed by atoms with Crippen LogP contribution in [0.25, 0.3) is 0 Å². The first kappa shape index (κ1) is 16.1. The molecule has 5 heteroatoms. The molecule has 1 aromatic rings. The molecule has 0 aliphatic rings. The third kappa shape index (κ3) is 6.18. The minimum atomic E-state index is -3.62. The van der Waals surface area contributed by atoms with Crippen LogP contribution in [0, 0.1) is 6.92 Å². The molecule has 0 atom stereocenters. The summed E-state index contributed by atoms with van der Waals surface area (Å²) >= 11 is 0. The Morgan fingerprint density at radius 3 is 2.26 bits per heavy atom. The van der Waals surface area contributed by atoms with Crippen molar-refractivity contribution in [1.82, 2.24) is 0 Å². The molecule has 0 aliphatic heterocycles. The van der Waals surface area contributed by atoms with Crippen molar-refractivity contribution in [2.45, 2.75) is 37.9 Å². The summed E-state index contributed by atoms with van der Waals surface area (Å²) in [6, 6.07) is 6.67. The zero-order valence-corrected chi connectivity index (χ0v) is 13.8. The molecule has 0 aliphatic carbocycles. The first-order valence-corrected chi connectivity index (χ1v) is 11.3. The lowest BCUT2D eigenvalue weighted by Crippen LogP contribution is -2.15. The average Bonchev–Trinajstić information content (AvgIpc) is 2.27. The molecule has 3 nitrogen and oxygen atoms in total. The van der Waals surface area contributed by atoms with E-state index in [9.17, 15) is 8.42 Å². The van der Waals surface area contributed by atoms with E-state index in [2.05, 4.69) is 25.3 Å². The molecule has 106 valence electrons. The number of aryl methyl sites for hydroxylation is 1. The number of hydrogen-bond donors (Lipinski definition) is 0. The van der Waals surface area contributed by atoms with Gasteiger partial charge in [-0.3, -0.25) is 4.18 Å². The lowest BCUT2D eigenvalue weighted by molar-refractivity contribution is 0.325. The molecule has 0 fully saturated rings. The van der Waals surface area contributed by atoms with Crippen LogP contribution in [0.2, 0.25) is 19.6 Å². The van der Waals surface area contributed by atoms with Gasteiger partial charge in [-0.15, -0.1) is 0 Å². The Hall–Kier alpha value is -0.913. The summed E-state index contributed by atoms with van der Waals surface area (Å²) in [5.74, 6) is 0. The number of rotatable bonds is 6. The monoisotopic (exact) mass is 298 g/mol. The Morgan fingerprint density at radius 1 is 1.16 bits per heavy atom.